The van der Waals surface area contributed by atoms with Crippen LogP contribution in [0.25, 0.3) is 0 Å². The molecule has 1 aromatic carbocycles. The highest BCUT2D eigenvalue weighted by molar-refractivity contribution is 5.62. The second-order valence-corrected chi connectivity index (χ2v) is 9.10. The van der Waals surface area contributed by atoms with Gasteiger partial charge in [-0.15, -0.1) is 0 Å². The van der Waals surface area contributed by atoms with Gasteiger partial charge in [0.2, 0.25) is 5.79 Å². The fraction of sp³-hybridized carbons (Fsp3) is 0.727. The summed E-state index contributed by atoms with van der Waals surface area (Å²) in [5, 5.41) is 12.1. The maximum Gasteiger partial charge on any atom is 0.207 e. The van der Waals surface area contributed by atoms with E-state index in [4.69, 9.17) is 18.9 Å². The van der Waals surface area contributed by atoms with Crippen LogP contribution in [-0.2, 0) is 21.3 Å². The van der Waals surface area contributed by atoms with E-state index in [9.17, 15) is 5.11 Å². The molecule has 6 atom stereocenters. The molecular weight excluding hydrogens is 358 g/mol. The number of ether oxygens (including phenoxy) is 4. The Morgan fingerprint density at radius 3 is 2.79 bits per heavy atom. The van der Waals surface area contributed by atoms with Crippen LogP contribution >= 0.6 is 0 Å². The second-order valence-electron chi connectivity index (χ2n) is 9.10. The van der Waals surface area contributed by atoms with E-state index in [1.165, 1.54) is 5.56 Å². The van der Waals surface area contributed by atoms with E-state index in [-0.39, 0.29) is 12.1 Å². The fourth-order valence-electron chi connectivity index (χ4n) is 6.36. The maximum absolute atomic E-state index is 12.1. The molecule has 28 heavy (non-hydrogen) atoms. The van der Waals surface area contributed by atoms with Gasteiger partial charge in [-0.1, -0.05) is 13.0 Å². The molecule has 4 aliphatic rings. The number of hydrogen-bond donors (Lipinski definition) is 1. The highest BCUT2D eigenvalue weighted by atomic mass is 16.8. The van der Waals surface area contributed by atoms with Gasteiger partial charge in [0.15, 0.2) is 17.6 Å². The molecule has 6 heteroatoms. The van der Waals surface area contributed by atoms with E-state index in [1.807, 2.05) is 19.9 Å². The Kier molecular flexibility index (Phi) is 3.90. The van der Waals surface area contributed by atoms with Gasteiger partial charge in [0.25, 0.3) is 0 Å². The fourth-order valence-corrected chi connectivity index (χ4v) is 6.36. The van der Waals surface area contributed by atoms with Crippen molar-refractivity contribution >= 4 is 0 Å². The van der Waals surface area contributed by atoms with Crippen LogP contribution in [0.4, 0.5) is 0 Å². The average molecular weight is 389 g/mol. The largest absolute Gasteiger partial charge is 0.493 e. The lowest BCUT2D eigenvalue weighted by atomic mass is 9.52. The highest BCUT2D eigenvalue weighted by Crippen LogP contribution is 2.64. The smallest absolute Gasteiger partial charge is 0.207 e. The van der Waals surface area contributed by atoms with E-state index < -0.39 is 22.9 Å². The van der Waals surface area contributed by atoms with Gasteiger partial charge < -0.3 is 29.0 Å². The Morgan fingerprint density at radius 2 is 2.14 bits per heavy atom. The third-order valence-electron chi connectivity index (χ3n) is 7.77. The zero-order chi connectivity index (χ0) is 19.9. The molecule has 1 aliphatic carbocycles. The number of benzene rings is 1. The van der Waals surface area contributed by atoms with Crippen LogP contribution in [0.1, 0.15) is 44.7 Å². The second kappa shape index (κ2) is 5.85. The summed E-state index contributed by atoms with van der Waals surface area (Å²) in [5.41, 5.74) is 0.766. The molecule has 3 unspecified atom stereocenters. The molecule has 0 aromatic heterocycles. The summed E-state index contributed by atoms with van der Waals surface area (Å²) < 4.78 is 25.0. The van der Waals surface area contributed by atoms with Crippen molar-refractivity contribution in [1.82, 2.24) is 4.90 Å². The van der Waals surface area contributed by atoms with Crippen LogP contribution in [0.2, 0.25) is 0 Å². The van der Waals surface area contributed by atoms with Crippen LogP contribution in [0.5, 0.6) is 11.5 Å². The van der Waals surface area contributed by atoms with Crippen molar-refractivity contribution in [2.75, 3.05) is 27.3 Å². The minimum atomic E-state index is -0.976. The molecule has 2 saturated heterocycles. The molecule has 6 nitrogen and oxygen atoms in total. The molecular formula is C22H31NO5. The van der Waals surface area contributed by atoms with Crippen molar-refractivity contribution in [2.24, 2.45) is 0 Å². The van der Waals surface area contributed by atoms with Gasteiger partial charge in [0, 0.05) is 18.0 Å². The van der Waals surface area contributed by atoms with Crippen molar-refractivity contribution in [2.45, 2.75) is 75.1 Å². The van der Waals surface area contributed by atoms with Gasteiger partial charge in [-0.05, 0) is 51.9 Å². The van der Waals surface area contributed by atoms with Crippen LogP contribution in [0, 0.1) is 0 Å². The predicted molar refractivity (Wildman–Crippen MR) is 104 cm³/mol. The van der Waals surface area contributed by atoms with Crippen LogP contribution in [0.3, 0.4) is 0 Å². The quantitative estimate of drug-likeness (QED) is 0.856. The minimum Gasteiger partial charge on any atom is -0.493 e. The molecule has 0 amide bonds. The molecule has 154 valence electrons. The van der Waals surface area contributed by atoms with Crippen molar-refractivity contribution in [3.05, 3.63) is 23.3 Å². The van der Waals surface area contributed by atoms with Gasteiger partial charge in [-0.25, -0.2) is 0 Å². The Labute approximate surface area is 166 Å². The van der Waals surface area contributed by atoms with Gasteiger partial charge in [-0.3, -0.25) is 0 Å². The Hall–Kier alpha value is -1.34. The molecule has 2 bridgehead atoms. The first-order valence-electron chi connectivity index (χ1n) is 10.4. The third-order valence-corrected chi connectivity index (χ3v) is 7.77. The molecule has 3 aliphatic heterocycles. The number of likely N-dealkylation sites (N-methyl/N-ethyl adjacent to an activating group) is 1. The highest BCUT2D eigenvalue weighted by Gasteiger charge is 2.73. The van der Waals surface area contributed by atoms with Crippen LogP contribution in [0.15, 0.2) is 12.1 Å². The number of likely N-dealkylation sites (tertiary alicyclic amines) is 1. The molecule has 2 fully saturated rings. The van der Waals surface area contributed by atoms with E-state index >= 15 is 0 Å². The lowest BCUT2D eigenvalue weighted by Crippen LogP contribution is -2.75. The van der Waals surface area contributed by atoms with Gasteiger partial charge in [-0.2, -0.15) is 0 Å². The maximum atomic E-state index is 12.1. The SMILES string of the molecule is CCC1([C@@H]2Oc3c(OC)ccc4c3[C@@]23CCN(C)[C@H](C4)C3(C)O)OCC(C)O1. The van der Waals surface area contributed by atoms with E-state index in [2.05, 4.69) is 24.9 Å². The summed E-state index contributed by atoms with van der Waals surface area (Å²) in [6.45, 7) is 7.51. The first kappa shape index (κ1) is 18.7. The number of nitrogens with zero attached hydrogens (tertiary/aromatic N) is 1. The third kappa shape index (κ3) is 2.02. The zero-order valence-electron chi connectivity index (χ0n) is 17.4. The predicted octanol–water partition coefficient (Wildman–Crippen LogP) is 2.25. The summed E-state index contributed by atoms with van der Waals surface area (Å²) >= 11 is 0. The Morgan fingerprint density at radius 1 is 1.36 bits per heavy atom. The van der Waals surface area contributed by atoms with Gasteiger partial charge in [0.05, 0.1) is 30.8 Å². The van der Waals surface area contributed by atoms with E-state index in [0.29, 0.717) is 18.8 Å². The van der Waals surface area contributed by atoms with Crippen molar-refractivity contribution < 1.29 is 24.1 Å². The molecule has 0 radical (unpaired) electrons. The van der Waals surface area contributed by atoms with E-state index in [0.717, 1.165) is 30.7 Å². The molecule has 5 rings (SSSR count). The summed E-state index contributed by atoms with van der Waals surface area (Å²) in [5.74, 6) is 0.599. The van der Waals surface area contributed by atoms with E-state index in [1.54, 1.807) is 7.11 Å². The molecule has 1 N–H and O–H groups in total. The Bertz CT molecular complexity index is 810. The summed E-state index contributed by atoms with van der Waals surface area (Å²) in [7, 11) is 3.77. The van der Waals surface area contributed by atoms with Crippen molar-refractivity contribution in [3.63, 3.8) is 0 Å². The molecule has 1 aromatic rings. The normalized spacial score (nSPS) is 44.3. The lowest BCUT2D eigenvalue weighted by molar-refractivity contribution is -0.262. The van der Waals surface area contributed by atoms with Gasteiger partial charge in [0.1, 0.15) is 0 Å². The monoisotopic (exact) mass is 389 g/mol. The van der Waals surface area contributed by atoms with Crippen molar-refractivity contribution in [1.29, 1.82) is 0 Å². The molecule has 1 spiro atoms. The number of hydrogen-bond acceptors (Lipinski definition) is 6. The standard InChI is InChI=1S/C22H31NO5/c1-6-22(26-12-13(2)28-22)19-21-9-10-23(4)16(20(21,3)24)11-14-7-8-15(25-5)18(27-19)17(14)21/h7-8,13,16,19,24H,6,9-12H2,1-5H3/t13?,16-,19-,20?,21+,22?/m1/s1. The average Bonchev–Trinajstić information content (AvgIpc) is 3.22. The topological polar surface area (TPSA) is 60.4 Å². The van der Waals surface area contributed by atoms with Crippen molar-refractivity contribution in [3.8, 4) is 11.5 Å². The number of fused-ring (bicyclic) bond motifs is 1. The first-order chi connectivity index (χ1) is 13.3. The summed E-state index contributed by atoms with van der Waals surface area (Å²) in [6, 6.07) is 4.14. The van der Waals surface area contributed by atoms with Gasteiger partial charge >= 0.3 is 0 Å². The molecule has 0 saturated carbocycles. The number of aliphatic hydroxyl groups is 1. The summed E-state index contributed by atoms with van der Waals surface area (Å²) in [6.07, 6.45) is 1.82. The minimum absolute atomic E-state index is 0.000582. The number of methoxy groups -OCH3 is 1. The first-order valence-corrected chi connectivity index (χ1v) is 10.4. The van der Waals surface area contributed by atoms with Crippen LogP contribution in [-0.4, -0.2) is 67.0 Å². The summed E-state index contributed by atoms with van der Waals surface area (Å²) in [4.78, 5) is 2.28. The number of rotatable bonds is 3. The van der Waals surface area contributed by atoms with Crippen LogP contribution < -0.4 is 9.47 Å². The Balaban J connectivity index is 1.77. The zero-order valence-corrected chi connectivity index (χ0v) is 17.4. The number of piperidine rings is 1. The lowest BCUT2D eigenvalue weighted by Gasteiger charge is -2.60. The molecule has 3 heterocycles.